The van der Waals surface area contributed by atoms with Gasteiger partial charge in [0, 0.05) is 13.2 Å². The molecule has 0 aromatic heterocycles. The average Bonchev–Trinajstić information content (AvgIpc) is 2.71. The van der Waals surface area contributed by atoms with Crippen molar-refractivity contribution in [2.75, 3.05) is 26.2 Å². The fourth-order valence-electron chi connectivity index (χ4n) is 3.44. The molecule has 0 aromatic carbocycles. The van der Waals surface area contributed by atoms with E-state index in [4.69, 9.17) is 0 Å². The van der Waals surface area contributed by atoms with Crippen molar-refractivity contribution < 1.29 is 5.11 Å². The van der Waals surface area contributed by atoms with Crippen LogP contribution in [0.2, 0.25) is 0 Å². The van der Waals surface area contributed by atoms with Gasteiger partial charge in [-0.3, -0.25) is 0 Å². The first kappa shape index (κ1) is 12.4. The molecular weight excluding hydrogens is 198 g/mol. The Morgan fingerprint density at radius 2 is 1.56 bits per heavy atom. The third kappa shape index (κ3) is 3.46. The second-order valence-corrected chi connectivity index (χ2v) is 5.70. The highest BCUT2D eigenvalue weighted by Crippen LogP contribution is 2.32. The van der Waals surface area contributed by atoms with Crippen molar-refractivity contribution in [2.24, 2.45) is 11.8 Å². The van der Waals surface area contributed by atoms with Crippen LogP contribution in [0.4, 0.5) is 0 Å². The molecule has 0 amide bonds. The van der Waals surface area contributed by atoms with Crippen LogP contribution >= 0.6 is 0 Å². The maximum absolute atomic E-state index is 9.56. The summed E-state index contributed by atoms with van der Waals surface area (Å²) in [6.45, 7) is 4.09. The van der Waals surface area contributed by atoms with Gasteiger partial charge in [0.1, 0.15) is 0 Å². The monoisotopic (exact) mass is 225 g/mol. The van der Waals surface area contributed by atoms with Crippen molar-refractivity contribution in [3.63, 3.8) is 0 Å². The van der Waals surface area contributed by atoms with E-state index in [0.29, 0.717) is 12.5 Å². The molecule has 0 bridgehead atoms. The molecule has 1 unspecified atom stereocenters. The molecule has 1 heterocycles. The van der Waals surface area contributed by atoms with Gasteiger partial charge in [0.2, 0.25) is 0 Å². The molecule has 1 aliphatic carbocycles. The molecule has 2 heteroatoms. The zero-order chi connectivity index (χ0) is 11.2. The second-order valence-electron chi connectivity index (χ2n) is 5.70. The van der Waals surface area contributed by atoms with E-state index in [1.807, 2.05) is 0 Å². The SMILES string of the molecule is OCC(CN1CCCCCC1)C1CCCC1. The Bertz CT molecular complexity index is 181. The van der Waals surface area contributed by atoms with Crippen LogP contribution in [0, 0.1) is 11.8 Å². The Morgan fingerprint density at radius 3 is 2.12 bits per heavy atom. The number of aliphatic hydroxyl groups is 1. The Kier molecular flexibility index (Phi) is 5.11. The molecule has 1 atom stereocenters. The van der Waals surface area contributed by atoms with Gasteiger partial charge in [-0.2, -0.15) is 0 Å². The van der Waals surface area contributed by atoms with Crippen molar-refractivity contribution in [1.82, 2.24) is 4.90 Å². The number of rotatable bonds is 4. The Labute approximate surface area is 100 Å². The highest BCUT2D eigenvalue weighted by Gasteiger charge is 2.26. The molecular formula is C14H27NO. The summed E-state index contributed by atoms with van der Waals surface area (Å²) in [6, 6.07) is 0. The number of aliphatic hydroxyl groups excluding tert-OH is 1. The van der Waals surface area contributed by atoms with E-state index >= 15 is 0 Å². The average molecular weight is 225 g/mol. The van der Waals surface area contributed by atoms with Gasteiger partial charge in [0.05, 0.1) is 0 Å². The maximum Gasteiger partial charge on any atom is 0.0474 e. The van der Waals surface area contributed by atoms with E-state index in [-0.39, 0.29) is 0 Å². The van der Waals surface area contributed by atoms with E-state index < -0.39 is 0 Å². The number of hydrogen-bond donors (Lipinski definition) is 1. The predicted molar refractivity (Wildman–Crippen MR) is 67.4 cm³/mol. The van der Waals surface area contributed by atoms with Gasteiger partial charge in [0.15, 0.2) is 0 Å². The van der Waals surface area contributed by atoms with Crippen LogP contribution in [0.5, 0.6) is 0 Å². The first-order valence-electron chi connectivity index (χ1n) is 7.23. The first-order valence-corrected chi connectivity index (χ1v) is 7.23. The third-order valence-electron chi connectivity index (χ3n) is 4.49. The van der Waals surface area contributed by atoms with Crippen molar-refractivity contribution >= 4 is 0 Å². The smallest absolute Gasteiger partial charge is 0.0474 e. The van der Waals surface area contributed by atoms with Crippen LogP contribution in [0.3, 0.4) is 0 Å². The maximum atomic E-state index is 9.56. The van der Waals surface area contributed by atoms with E-state index in [9.17, 15) is 5.11 Å². The number of hydrogen-bond acceptors (Lipinski definition) is 2. The minimum Gasteiger partial charge on any atom is -0.396 e. The molecule has 0 aromatic rings. The van der Waals surface area contributed by atoms with Gasteiger partial charge in [-0.1, -0.05) is 38.5 Å². The summed E-state index contributed by atoms with van der Waals surface area (Å²) in [7, 11) is 0. The molecule has 1 saturated carbocycles. The lowest BCUT2D eigenvalue weighted by molar-refractivity contribution is 0.124. The molecule has 0 radical (unpaired) electrons. The standard InChI is InChI=1S/C14H27NO/c16-12-14(13-7-3-4-8-13)11-15-9-5-1-2-6-10-15/h13-14,16H,1-12H2. The highest BCUT2D eigenvalue weighted by atomic mass is 16.3. The van der Waals surface area contributed by atoms with E-state index in [2.05, 4.69) is 4.90 Å². The second kappa shape index (κ2) is 6.61. The third-order valence-corrected chi connectivity index (χ3v) is 4.49. The lowest BCUT2D eigenvalue weighted by Gasteiger charge is -2.28. The summed E-state index contributed by atoms with van der Waals surface area (Å²) in [6.07, 6.45) is 11.0. The topological polar surface area (TPSA) is 23.5 Å². The lowest BCUT2D eigenvalue weighted by atomic mass is 9.91. The molecule has 2 aliphatic rings. The van der Waals surface area contributed by atoms with Crippen LogP contribution in [0.1, 0.15) is 51.4 Å². The van der Waals surface area contributed by atoms with Gasteiger partial charge in [-0.15, -0.1) is 0 Å². The lowest BCUT2D eigenvalue weighted by Crippen LogP contribution is -2.34. The fourth-order valence-corrected chi connectivity index (χ4v) is 3.44. The van der Waals surface area contributed by atoms with Crippen LogP contribution < -0.4 is 0 Å². The molecule has 1 aliphatic heterocycles. The Balaban J connectivity index is 1.79. The fraction of sp³-hybridized carbons (Fsp3) is 1.00. The van der Waals surface area contributed by atoms with Crippen LogP contribution in [-0.2, 0) is 0 Å². The van der Waals surface area contributed by atoms with E-state index in [0.717, 1.165) is 12.5 Å². The van der Waals surface area contributed by atoms with Crippen molar-refractivity contribution in [1.29, 1.82) is 0 Å². The zero-order valence-electron chi connectivity index (χ0n) is 10.5. The summed E-state index contributed by atoms with van der Waals surface area (Å²) in [4.78, 5) is 2.60. The van der Waals surface area contributed by atoms with Gasteiger partial charge < -0.3 is 10.0 Å². The molecule has 2 rings (SSSR count). The predicted octanol–water partition coefficient (Wildman–Crippen LogP) is 2.66. The van der Waals surface area contributed by atoms with E-state index in [1.165, 1.54) is 64.5 Å². The number of likely N-dealkylation sites (tertiary alicyclic amines) is 1. The molecule has 16 heavy (non-hydrogen) atoms. The molecule has 2 fully saturated rings. The van der Waals surface area contributed by atoms with Crippen LogP contribution in [0.15, 0.2) is 0 Å². The Morgan fingerprint density at radius 1 is 0.938 bits per heavy atom. The number of nitrogens with zero attached hydrogens (tertiary/aromatic N) is 1. The molecule has 1 saturated heterocycles. The van der Waals surface area contributed by atoms with Gasteiger partial charge in [-0.05, 0) is 37.8 Å². The van der Waals surface area contributed by atoms with Crippen LogP contribution in [0.25, 0.3) is 0 Å². The largest absolute Gasteiger partial charge is 0.396 e. The summed E-state index contributed by atoms with van der Waals surface area (Å²) in [5.74, 6) is 1.37. The quantitative estimate of drug-likeness (QED) is 0.795. The van der Waals surface area contributed by atoms with Crippen molar-refractivity contribution in [3.8, 4) is 0 Å². The summed E-state index contributed by atoms with van der Waals surface area (Å²) >= 11 is 0. The summed E-state index contributed by atoms with van der Waals surface area (Å²) < 4.78 is 0. The Hall–Kier alpha value is -0.0800. The van der Waals surface area contributed by atoms with E-state index in [1.54, 1.807) is 0 Å². The van der Waals surface area contributed by atoms with Gasteiger partial charge in [0.25, 0.3) is 0 Å². The summed E-state index contributed by atoms with van der Waals surface area (Å²) in [5, 5.41) is 9.56. The molecule has 0 spiro atoms. The zero-order valence-corrected chi connectivity index (χ0v) is 10.5. The minimum atomic E-state index is 0.404. The highest BCUT2D eigenvalue weighted by molar-refractivity contribution is 4.78. The van der Waals surface area contributed by atoms with Crippen molar-refractivity contribution in [2.45, 2.75) is 51.4 Å². The summed E-state index contributed by atoms with van der Waals surface area (Å²) in [5.41, 5.74) is 0. The normalized spacial score (nSPS) is 26.8. The molecule has 2 nitrogen and oxygen atoms in total. The van der Waals surface area contributed by atoms with Gasteiger partial charge >= 0.3 is 0 Å². The molecule has 94 valence electrons. The molecule has 1 N–H and O–H groups in total. The van der Waals surface area contributed by atoms with Gasteiger partial charge in [-0.25, -0.2) is 0 Å². The van der Waals surface area contributed by atoms with Crippen LogP contribution in [-0.4, -0.2) is 36.2 Å². The minimum absolute atomic E-state index is 0.404. The first-order chi connectivity index (χ1) is 7.90. The van der Waals surface area contributed by atoms with Crippen molar-refractivity contribution in [3.05, 3.63) is 0 Å².